The van der Waals surface area contributed by atoms with Crippen molar-refractivity contribution in [2.45, 2.75) is 18.9 Å². The van der Waals surface area contributed by atoms with Crippen molar-refractivity contribution >= 4 is 12.0 Å². The van der Waals surface area contributed by atoms with Crippen LogP contribution in [0.1, 0.15) is 18.4 Å². The maximum atomic E-state index is 12.2. The molecule has 114 valence electrons. The maximum absolute atomic E-state index is 12.2. The number of hydrogen-bond acceptors (Lipinski definition) is 3. The fraction of sp³-hybridized carbons (Fsp3) is 0.294. The molecule has 0 saturated heterocycles. The molecule has 0 bridgehead atoms. The summed E-state index contributed by atoms with van der Waals surface area (Å²) in [5.74, 6) is -0.0518. The molecule has 0 radical (unpaired) electrons. The number of para-hydroxylation sites is 1. The zero-order chi connectivity index (χ0) is 15.4. The molecule has 2 aromatic rings. The normalized spacial score (nSPS) is 14.4. The van der Waals surface area contributed by atoms with Crippen LogP contribution in [0.15, 0.2) is 48.8 Å². The Morgan fingerprint density at radius 3 is 2.82 bits per heavy atom. The molecule has 1 amide bonds. The van der Waals surface area contributed by atoms with E-state index in [0.717, 1.165) is 24.1 Å². The molecule has 0 unspecified atom stereocenters. The molecule has 1 aliphatic carbocycles. The number of aromatic nitrogens is 2. The third-order valence-corrected chi connectivity index (χ3v) is 3.65. The second-order valence-electron chi connectivity index (χ2n) is 5.37. The summed E-state index contributed by atoms with van der Waals surface area (Å²) >= 11 is 0. The average Bonchev–Trinajstić information content (AvgIpc) is 3.28. The molecule has 5 heteroatoms. The van der Waals surface area contributed by atoms with Crippen molar-refractivity contribution in [2.75, 3.05) is 13.2 Å². The average molecular weight is 297 g/mol. The zero-order valence-corrected chi connectivity index (χ0v) is 12.3. The van der Waals surface area contributed by atoms with Crippen LogP contribution in [-0.2, 0) is 4.79 Å². The molecule has 1 fully saturated rings. The Balaban J connectivity index is 1.68. The van der Waals surface area contributed by atoms with Crippen molar-refractivity contribution in [1.29, 1.82) is 0 Å². The molecule has 22 heavy (non-hydrogen) atoms. The summed E-state index contributed by atoms with van der Waals surface area (Å²) in [7, 11) is 0. The van der Waals surface area contributed by atoms with Crippen LogP contribution < -0.4 is 0 Å². The fourth-order valence-electron chi connectivity index (χ4n) is 2.37. The topological polar surface area (TPSA) is 58.4 Å². The molecule has 0 spiro atoms. The molecular formula is C17H19N3O2. The van der Waals surface area contributed by atoms with E-state index in [-0.39, 0.29) is 12.5 Å². The van der Waals surface area contributed by atoms with Gasteiger partial charge in [-0.2, -0.15) is 5.10 Å². The summed E-state index contributed by atoms with van der Waals surface area (Å²) in [5, 5.41) is 13.3. The van der Waals surface area contributed by atoms with Gasteiger partial charge in [-0.05, 0) is 31.1 Å². The van der Waals surface area contributed by atoms with Gasteiger partial charge in [-0.25, -0.2) is 4.68 Å². The van der Waals surface area contributed by atoms with Gasteiger partial charge in [-0.15, -0.1) is 0 Å². The van der Waals surface area contributed by atoms with Crippen LogP contribution in [0.2, 0.25) is 0 Å². The Morgan fingerprint density at radius 2 is 2.14 bits per heavy atom. The monoisotopic (exact) mass is 297 g/mol. The van der Waals surface area contributed by atoms with Gasteiger partial charge < -0.3 is 10.0 Å². The predicted octanol–water partition coefficient (Wildman–Crippen LogP) is 1.87. The molecule has 5 nitrogen and oxygen atoms in total. The standard InChI is InChI=1S/C17H19N3O2/c21-11-10-19(15-7-8-15)17(22)9-6-14-12-18-20(13-14)16-4-2-1-3-5-16/h1-6,9,12-13,15,21H,7-8,10-11H2/b9-6+. The SMILES string of the molecule is O=C(/C=C/c1cnn(-c2ccccc2)c1)N(CCO)C1CC1. The lowest BCUT2D eigenvalue weighted by atomic mass is 10.3. The number of hydrogen-bond donors (Lipinski definition) is 1. The van der Waals surface area contributed by atoms with Crippen molar-refractivity contribution in [3.05, 3.63) is 54.4 Å². The van der Waals surface area contributed by atoms with Crippen LogP contribution in [0.5, 0.6) is 0 Å². The minimum absolute atomic E-state index is 0.00200. The second kappa shape index (κ2) is 6.58. The van der Waals surface area contributed by atoms with E-state index in [1.54, 1.807) is 27.9 Å². The third-order valence-electron chi connectivity index (χ3n) is 3.65. The number of rotatable bonds is 6. The number of carbonyl (C=O) groups is 1. The molecule has 1 aliphatic rings. The van der Waals surface area contributed by atoms with E-state index >= 15 is 0 Å². The van der Waals surface area contributed by atoms with Crippen molar-refractivity contribution < 1.29 is 9.90 Å². The van der Waals surface area contributed by atoms with Crippen LogP contribution in [-0.4, -0.2) is 44.9 Å². The van der Waals surface area contributed by atoms with Crippen LogP contribution in [0.25, 0.3) is 11.8 Å². The highest BCUT2D eigenvalue weighted by Crippen LogP contribution is 2.26. The van der Waals surface area contributed by atoms with Gasteiger partial charge in [0.05, 0.1) is 18.5 Å². The molecule has 1 N–H and O–H groups in total. The molecule has 3 rings (SSSR count). The molecule has 1 aromatic carbocycles. The number of amides is 1. The summed E-state index contributed by atoms with van der Waals surface area (Å²) in [6.07, 6.45) is 9.00. The summed E-state index contributed by atoms with van der Waals surface area (Å²) in [5.41, 5.74) is 1.85. The summed E-state index contributed by atoms with van der Waals surface area (Å²) in [4.78, 5) is 13.9. The Kier molecular flexibility index (Phi) is 4.34. The first kappa shape index (κ1) is 14.5. The number of nitrogens with zero attached hydrogens (tertiary/aromatic N) is 3. The Hall–Kier alpha value is -2.40. The minimum atomic E-state index is -0.0518. The van der Waals surface area contributed by atoms with Crippen LogP contribution in [0.4, 0.5) is 0 Å². The molecule has 1 aromatic heterocycles. The number of carbonyl (C=O) groups excluding carboxylic acids is 1. The first-order valence-electron chi connectivity index (χ1n) is 7.47. The van der Waals surface area contributed by atoms with E-state index in [1.807, 2.05) is 36.5 Å². The van der Waals surface area contributed by atoms with Gasteiger partial charge in [0.25, 0.3) is 0 Å². The number of aliphatic hydroxyl groups is 1. The Bertz CT molecular complexity index is 660. The highest BCUT2D eigenvalue weighted by molar-refractivity contribution is 5.92. The van der Waals surface area contributed by atoms with Gasteiger partial charge >= 0.3 is 0 Å². The van der Waals surface area contributed by atoms with Crippen molar-refractivity contribution in [2.24, 2.45) is 0 Å². The first-order valence-corrected chi connectivity index (χ1v) is 7.47. The van der Waals surface area contributed by atoms with Crippen molar-refractivity contribution in [1.82, 2.24) is 14.7 Å². The molecular weight excluding hydrogens is 278 g/mol. The molecule has 0 atom stereocenters. The third kappa shape index (κ3) is 3.43. The van der Waals surface area contributed by atoms with Gasteiger partial charge in [0.15, 0.2) is 0 Å². The van der Waals surface area contributed by atoms with Crippen molar-refractivity contribution in [3.8, 4) is 5.69 Å². The van der Waals surface area contributed by atoms with E-state index in [2.05, 4.69) is 5.10 Å². The van der Waals surface area contributed by atoms with Crippen molar-refractivity contribution in [3.63, 3.8) is 0 Å². The Labute approximate surface area is 129 Å². The smallest absolute Gasteiger partial charge is 0.246 e. The van der Waals surface area contributed by atoms with E-state index in [0.29, 0.717) is 12.6 Å². The van der Waals surface area contributed by atoms with Gasteiger partial charge in [0, 0.05) is 30.4 Å². The summed E-state index contributed by atoms with van der Waals surface area (Å²) in [6, 6.07) is 10.1. The summed E-state index contributed by atoms with van der Waals surface area (Å²) in [6.45, 7) is 0.402. The van der Waals surface area contributed by atoms with E-state index in [1.165, 1.54) is 0 Å². The largest absolute Gasteiger partial charge is 0.395 e. The van der Waals surface area contributed by atoms with Gasteiger partial charge in [-0.3, -0.25) is 4.79 Å². The second-order valence-corrected chi connectivity index (χ2v) is 5.37. The van der Waals surface area contributed by atoms with E-state index in [4.69, 9.17) is 5.11 Å². The highest BCUT2D eigenvalue weighted by atomic mass is 16.3. The lowest BCUT2D eigenvalue weighted by Crippen LogP contribution is -2.34. The van der Waals surface area contributed by atoms with Crippen LogP contribution >= 0.6 is 0 Å². The molecule has 0 aliphatic heterocycles. The lowest BCUT2D eigenvalue weighted by Gasteiger charge is -2.19. The predicted molar refractivity (Wildman–Crippen MR) is 84.4 cm³/mol. The fourth-order valence-corrected chi connectivity index (χ4v) is 2.37. The molecule has 1 heterocycles. The zero-order valence-electron chi connectivity index (χ0n) is 12.3. The van der Waals surface area contributed by atoms with Gasteiger partial charge in [0.2, 0.25) is 5.91 Å². The number of aliphatic hydroxyl groups excluding tert-OH is 1. The highest BCUT2D eigenvalue weighted by Gasteiger charge is 2.30. The quantitative estimate of drug-likeness (QED) is 0.828. The maximum Gasteiger partial charge on any atom is 0.246 e. The number of benzene rings is 1. The van der Waals surface area contributed by atoms with Crippen LogP contribution in [0.3, 0.4) is 0 Å². The molecule has 1 saturated carbocycles. The Morgan fingerprint density at radius 1 is 1.36 bits per heavy atom. The van der Waals surface area contributed by atoms with Gasteiger partial charge in [-0.1, -0.05) is 18.2 Å². The van der Waals surface area contributed by atoms with E-state index in [9.17, 15) is 4.79 Å². The van der Waals surface area contributed by atoms with E-state index < -0.39 is 0 Å². The first-order chi connectivity index (χ1) is 10.8. The van der Waals surface area contributed by atoms with Crippen LogP contribution in [0, 0.1) is 0 Å². The summed E-state index contributed by atoms with van der Waals surface area (Å²) < 4.78 is 1.77. The van der Waals surface area contributed by atoms with Gasteiger partial charge in [0.1, 0.15) is 0 Å². The lowest BCUT2D eigenvalue weighted by molar-refractivity contribution is -0.127. The minimum Gasteiger partial charge on any atom is -0.395 e.